The molecule has 0 saturated carbocycles. The standard InChI is InChI=1S/C12H11F2N3O2/c1-7-6-15-17-10(7)16-11(18)8-2-4-9(5-3-8)19-12(13)14/h2-6,12H,1H3,(H2,15,16,17,18). The molecule has 1 amide bonds. The molecule has 0 bridgehead atoms. The summed E-state index contributed by atoms with van der Waals surface area (Å²) >= 11 is 0. The second-order valence-corrected chi connectivity index (χ2v) is 3.79. The molecule has 2 aromatic rings. The average molecular weight is 267 g/mol. The van der Waals surface area contributed by atoms with Gasteiger partial charge in [0.1, 0.15) is 11.6 Å². The van der Waals surface area contributed by atoms with Crippen LogP contribution >= 0.6 is 0 Å². The SMILES string of the molecule is Cc1cn[nH]c1NC(=O)c1ccc(OC(F)F)cc1. The maximum atomic E-state index is 12.0. The quantitative estimate of drug-likeness (QED) is 0.894. The van der Waals surface area contributed by atoms with Crippen LogP contribution in [0, 0.1) is 6.92 Å². The zero-order chi connectivity index (χ0) is 13.8. The highest BCUT2D eigenvalue weighted by atomic mass is 19.3. The Morgan fingerprint density at radius 3 is 2.58 bits per heavy atom. The molecule has 2 rings (SSSR count). The van der Waals surface area contributed by atoms with Crippen LogP contribution in [0.25, 0.3) is 0 Å². The van der Waals surface area contributed by atoms with Crippen molar-refractivity contribution >= 4 is 11.7 Å². The first-order chi connectivity index (χ1) is 9.06. The first kappa shape index (κ1) is 13.0. The third kappa shape index (κ3) is 3.27. The molecule has 0 fully saturated rings. The molecule has 1 aromatic carbocycles. The number of alkyl halides is 2. The largest absolute Gasteiger partial charge is 0.435 e. The van der Waals surface area contributed by atoms with Gasteiger partial charge in [-0.1, -0.05) is 0 Å². The van der Waals surface area contributed by atoms with Crippen molar-refractivity contribution in [3.8, 4) is 5.75 Å². The number of nitrogens with one attached hydrogen (secondary N) is 2. The molecular formula is C12H11F2N3O2. The van der Waals surface area contributed by atoms with Gasteiger partial charge in [0.15, 0.2) is 0 Å². The number of aryl methyl sites for hydroxylation is 1. The minimum Gasteiger partial charge on any atom is -0.435 e. The van der Waals surface area contributed by atoms with Crippen LogP contribution in [-0.2, 0) is 0 Å². The molecule has 1 aromatic heterocycles. The summed E-state index contributed by atoms with van der Waals surface area (Å²) in [6, 6.07) is 5.42. The van der Waals surface area contributed by atoms with Crippen molar-refractivity contribution in [1.29, 1.82) is 0 Å². The van der Waals surface area contributed by atoms with Gasteiger partial charge in [-0.3, -0.25) is 9.89 Å². The van der Waals surface area contributed by atoms with Crippen molar-refractivity contribution in [1.82, 2.24) is 10.2 Å². The predicted octanol–water partition coefficient (Wildman–Crippen LogP) is 2.57. The van der Waals surface area contributed by atoms with E-state index in [0.29, 0.717) is 11.4 Å². The van der Waals surface area contributed by atoms with Crippen molar-refractivity contribution in [3.05, 3.63) is 41.6 Å². The summed E-state index contributed by atoms with van der Waals surface area (Å²) in [6.45, 7) is -1.09. The van der Waals surface area contributed by atoms with Crippen molar-refractivity contribution < 1.29 is 18.3 Å². The number of benzene rings is 1. The van der Waals surface area contributed by atoms with Gasteiger partial charge < -0.3 is 10.1 Å². The number of ether oxygens (including phenoxy) is 1. The van der Waals surface area contributed by atoms with Crippen LogP contribution in [0.4, 0.5) is 14.6 Å². The van der Waals surface area contributed by atoms with Crippen LogP contribution in [0.2, 0.25) is 0 Å². The summed E-state index contributed by atoms with van der Waals surface area (Å²) in [5, 5.41) is 9.03. The van der Waals surface area contributed by atoms with E-state index in [1.807, 2.05) is 0 Å². The molecule has 0 saturated heterocycles. The number of hydrogen-bond acceptors (Lipinski definition) is 3. The Morgan fingerprint density at radius 2 is 2.05 bits per heavy atom. The van der Waals surface area contributed by atoms with E-state index in [2.05, 4.69) is 20.3 Å². The van der Waals surface area contributed by atoms with Gasteiger partial charge in [0.2, 0.25) is 0 Å². The number of halogens is 2. The lowest BCUT2D eigenvalue weighted by Crippen LogP contribution is -2.13. The fourth-order valence-electron chi connectivity index (χ4n) is 1.45. The molecule has 0 atom stereocenters. The second kappa shape index (κ2) is 5.47. The van der Waals surface area contributed by atoms with Gasteiger partial charge in [-0.2, -0.15) is 13.9 Å². The molecule has 0 aliphatic carbocycles. The lowest BCUT2D eigenvalue weighted by Gasteiger charge is -2.06. The Labute approximate surface area is 107 Å². The Bertz CT molecular complexity index is 567. The lowest BCUT2D eigenvalue weighted by molar-refractivity contribution is -0.0498. The highest BCUT2D eigenvalue weighted by Crippen LogP contribution is 2.16. The molecule has 19 heavy (non-hydrogen) atoms. The third-order valence-electron chi connectivity index (χ3n) is 2.41. The van der Waals surface area contributed by atoms with Gasteiger partial charge in [0.25, 0.3) is 5.91 Å². The zero-order valence-corrected chi connectivity index (χ0v) is 9.98. The molecule has 100 valence electrons. The number of amides is 1. The maximum absolute atomic E-state index is 12.0. The second-order valence-electron chi connectivity index (χ2n) is 3.79. The molecule has 1 heterocycles. The van der Waals surface area contributed by atoms with Gasteiger partial charge in [-0.05, 0) is 31.2 Å². The Kier molecular flexibility index (Phi) is 3.74. The first-order valence-corrected chi connectivity index (χ1v) is 5.42. The fraction of sp³-hybridized carbons (Fsp3) is 0.167. The summed E-state index contributed by atoms with van der Waals surface area (Å²) in [4.78, 5) is 11.8. The Balaban J connectivity index is 2.05. The summed E-state index contributed by atoms with van der Waals surface area (Å²) < 4.78 is 28.1. The number of anilines is 1. The first-order valence-electron chi connectivity index (χ1n) is 5.42. The van der Waals surface area contributed by atoms with E-state index in [9.17, 15) is 13.6 Å². The van der Waals surface area contributed by atoms with E-state index in [-0.39, 0.29) is 11.7 Å². The van der Waals surface area contributed by atoms with Crippen molar-refractivity contribution in [2.75, 3.05) is 5.32 Å². The van der Waals surface area contributed by atoms with Crippen molar-refractivity contribution in [2.45, 2.75) is 13.5 Å². The number of rotatable bonds is 4. The van der Waals surface area contributed by atoms with Gasteiger partial charge in [-0.25, -0.2) is 0 Å². The van der Waals surface area contributed by atoms with Gasteiger partial charge >= 0.3 is 6.61 Å². The van der Waals surface area contributed by atoms with Crippen LogP contribution < -0.4 is 10.1 Å². The molecular weight excluding hydrogens is 256 g/mol. The normalized spacial score (nSPS) is 10.5. The van der Waals surface area contributed by atoms with E-state index in [1.165, 1.54) is 24.3 Å². The van der Waals surface area contributed by atoms with E-state index in [0.717, 1.165) is 5.56 Å². The minimum atomic E-state index is -2.88. The topological polar surface area (TPSA) is 67.0 Å². The van der Waals surface area contributed by atoms with Gasteiger partial charge in [0, 0.05) is 11.1 Å². The van der Waals surface area contributed by atoms with Crippen molar-refractivity contribution in [2.24, 2.45) is 0 Å². The van der Waals surface area contributed by atoms with E-state index >= 15 is 0 Å². The average Bonchev–Trinajstić information content (AvgIpc) is 2.75. The zero-order valence-electron chi connectivity index (χ0n) is 9.98. The summed E-state index contributed by atoms with van der Waals surface area (Å²) in [7, 11) is 0. The van der Waals surface area contributed by atoms with Crippen LogP contribution in [0.15, 0.2) is 30.5 Å². The summed E-state index contributed by atoms with van der Waals surface area (Å²) in [5.41, 5.74) is 1.13. The van der Waals surface area contributed by atoms with Gasteiger partial charge in [0.05, 0.1) is 6.20 Å². The number of hydrogen-bond donors (Lipinski definition) is 2. The van der Waals surface area contributed by atoms with E-state index in [1.54, 1.807) is 13.1 Å². The molecule has 5 nitrogen and oxygen atoms in total. The molecule has 0 radical (unpaired) electrons. The Morgan fingerprint density at radius 1 is 1.37 bits per heavy atom. The molecule has 0 aliphatic rings. The van der Waals surface area contributed by atoms with E-state index in [4.69, 9.17) is 0 Å². The lowest BCUT2D eigenvalue weighted by atomic mass is 10.2. The Hall–Kier alpha value is -2.44. The number of aromatic nitrogens is 2. The van der Waals surface area contributed by atoms with Crippen LogP contribution in [0.3, 0.4) is 0 Å². The highest BCUT2D eigenvalue weighted by Gasteiger charge is 2.10. The number of carbonyl (C=O) groups is 1. The van der Waals surface area contributed by atoms with Crippen LogP contribution in [0.5, 0.6) is 5.75 Å². The number of nitrogens with zero attached hydrogens (tertiary/aromatic N) is 1. The van der Waals surface area contributed by atoms with Gasteiger partial charge in [-0.15, -0.1) is 0 Å². The minimum absolute atomic E-state index is 0.00395. The molecule has 0 spiro atoms. The maximum Gasteiger partial charge on any atom is 0.387 e. The van der Waals surface area contributed by atoms with Crippen molar-refractivity contribution in [3.63, 3.8) is 0 Å². The molecule has 7 heteroatoms. The fourth-order valence-corrected chi connectivity index (χ4v) is 1.45. The third-order valence-corrected chi connectivity index (χ3v) is 2.41. The van der Waals surface area contributed by atoms with Crippen LogP contribution in [0.1, 0.15) is 15.9 Å². The smallest absolute Gasteiger partial charge is 0.387 e. The summed E-state index contributed by atoms with van der Waals surface area (Å²) in [6.07, 6.45) is 1.58. The number of aromatic amines is 1. The molecule has 0 aliphatic heterocycles. The molecule has 2 N–H and O–H groups in total. The van der Waals surface area contributed by atoms with E-state index < -0.39 is 6.61 Å². The van der Waals surface area contributed by atoms with Crippen LogP contribution in [-0.4, -0.2) is 22.7 Å². The number of carbonyl (C=O) groups excluding carboxylic acids is 1. The summed E-state index contributed by atoms with van der Waals surface area (Å²) in [5.74, 6) is 0.137. The number of H-pyrrole nitrogens is 1. The predicted molar refractivity (Wildman–Crippen MR) is 64.4 cm³/mol. The molecule has 0 unspecified atom stereocenters. The highest BCUT2D eigenvalue weighted by molar-refractivity contribution is 6.04. The monoisotopic (exact) mass is 267 g/mol.